The molecule has 3 rings (SSSR count). The first-order valence-corrected chi connectivity index (χ1v) is 7.98. The van der Waals surface area contributed by atoms with Gasteiger partial charge < -0.3 is 10.2 Å². The number of likely N-dealkylation sites (tertiary alicyclic amines) is 1. The topological polar surface area (TPSA) is 58.1 Å². The van der Waals surface area contributed by atoms with E-state index in [0.717, 1.165) is 25.0 Å². The molecule has 2 aromatic rings. The van der Waals surface area contributed by atoms with E-state index in [-0.39, 0.29) is 23.2 Å². The molecule has 1 fully saturated rings. The predicted octanol–water partition coefficient (Wildman–Crippen LogP) is 3.51. The van der Waals surface area contributed by atoms with E-state index in [0.29, 0.717) is 19.0 Å². The molecule has 2 heterocycles. The van der Waals surface area contributed by atoms with Gasteiger partial charge in [-0.05, 0) is 37.0 Å². The van der Waals surface area contributed by atoms with Crippen LogP contribution in [0.2, 0.25) is 0 Å². The zero-order valence-corrected chi connectivity index (χ0v) is 13.6. The number of amides is 1. The Kier molecular flexibility index (Phi) is 4.87. The quantitative estimate of drug-likeness (QED) is 0.861. The molecule has 0 aliphatic carbocycles. The maximum absolute atomic E-state index is 13.7. The number of nitrogens with one attached hydrogen (secondary N) is 1. The molecule has 0 radical (unpaired) electrons. The van der Waals surface area contributed by atoms with Gasteiger partial charge in [0.2, 0.25) is 5.95 Å². The van der Waals surface area contributed by atoms with Crippen LogP contribution in [0.5, 0.6) is 0 Å². The van der Waals surface area contributed by atoms with E-state index in [1.54, 1.807) is 4.90 Å². The fraction of sp³-hybridized carbons (Fsp3) is 0.353. The van der Waals surface area contributed by atoms with Gasteiger partial charge in [-0.3, -0.25) is 4.79 Å². The minimum absolute atomic E-state index is 0.0684. The highest BCUT2D eigenvalue weighted by Gasteiger charge is 2.23. The van der Waals surface area contributed by atoms with Crippen molar-refractivity contribution in [3.8, 4) is 0 Å². The number of hydrogen-bond acceptors (Lipinski definition) is 4. The second-order valence-corrected chi connectivity index (χ2v) is 6.09. The summed E-state index contributed by atoms with van der Waals surface area (Å²) in [5, 5.41) is 2.47. The van der Waals surface area contributed by atoms with Crippen LogP contribution in [0.25, 0.3) is 0 Å². The van der Waals surface area contributed by atoms with Crippen molar-refractivity contribution in [1.29, 1.82) is 0 Å². The number of benzene rings is 1. The first kappa shape index (κ1) is 17.2. The van der Waals surface area contributed by atoms with Crippen LogP contribution in [0, 0.1) is 23.4 Å². The molecular weight excluding hydrogens is 333 g/mol. The van der Waals surface area contributed by atoms with E-state index in [2.05, 4.69) is 22.2 Å². The molecule has 1 amide bonds. The van der Waals surface area contributed by atoms with E-state index >= 15 is 0 Å². The first-order chi connectivity index (χ1) is 12.0. The summed E-state index contributed by atoms with van der Waals surface area (Å²) < 4.78 is 40.0. The molecule has 0 unspecified atom stereocenters. The Morgan fingerprint density at radius 1 is 1.16 bits per heavy atom. The maximum atomic E-state index is 13.7. The summed E-state index contributed by atoms with van der Waals surface area (Å²) in [6.07, 6.45) is 3.22. The number of rotatable bonds is 3. The van der Waals surface area contributed by atoms with Crippen LogP contribution in [0.4, 0.5) is 24.8 Å². The van der Waals surface area contributed by atoms with Crippen molar-refractivity contribution >= 4 is 17.5 Å². The standard InChI is InChI=1S/C17H17F3N4O/c1-10-5-8-24(9-6-10)16(25)13-4-7-21-17(23-13)22-12-3-2-11(18)14(19)15(12)20/h2-4,7,10H,5-6,8-9H2,1H3,(H,21,22,23). The molecule has 8 heteroatoms. The Morgan fingerprint density at radius 2 is 1.88 bits per heavy atom. The van der Waals surface area contributed by atoms with Gasteiger partial charge in [-0.15, -0.1) is 0 Å². The lowest BCUT2D eigenvalue weighted by atomic mass is 9.99. The molecule has 1 aliphatic rings. The summed E-state index contributed by atoms with van der Waals surface area (Å²) >= 11 is 0. The van der Waals surface area contributed by atoms with Crippen LogP contribution < -0.4 is 5.32 Å². The summed E-state index contributed by atoms with van der Waals surface area (Å²) in [6, 6.07) is 3.30. The van der Waals surface area contributed by atoms with Gasteiger partial charge in [-0.25, -0.2) is 23.1 Å². The number of halogens is 3. The lowest BCUT2D eigenvalue weighted by Crippen LogP contribution is -2.38. The largest absolute Gasteiger partial charge is 0.337 e. The Labute approximate surface area is 142 Å². The zero-order chi connectivity index (χ0) is 18.0. The van der Waals surface area contributed by atoms with Crippen molar-refractivity contribution in [3.63, 3.8) is 0 Å². The highest BCUT2D eigenvalue weighted by molar-refractivity contribution is 5.92. The number of anilines is 2. The van der Waals surface area contributed by atoms with E-state index < -0.39 is 17.5 Å². The van der Waals surface area contributed by atoms with Gasteiger partial charge in [0.05, 0.1) is 5.69 Å². The molecule has 1 saturated heterocycles. The molecular formula is C17H17F3N4O. The number of carbonyl (C=O) groups excluding carboxylic acids is 1. The predicted molar refractivity (Wildman–Crippen MR) is 85.9 cm³/mol. The van der Waals surface area contributed by atoms with E-state index in [9.17, 15) is 18.0 Å². The Bertz CT molecular complexity index is 791. The molecule has 0 spiro atoms. The summed E-state index contributed by atoms with van der Waals surface area (Å²) in [7, 11) is 0. The number of aromatic nitrogens is 2. The zero-order valence-electron chi connectivity index (χ0n) is 13.6. The fourth-order valence-electron chi connectivity index (χ4n) is 2.65. The number of carbonyl (C=O) groups is 1. The van der Waals surface area contributed by atoms with Crippen molar-refractivity contribution in [2.75, 3.05) is 18.4 Å². The molecule has 25 heavy (non-hydrogen) atoms. The Morgan fingerprint density at radius 3 is 2.60 bits per heavy atom. The maximum Gasteiger partial charge on any atom is 0.272 e. The first-order valence-electron chi connectivity index (χ1n) is 7.98. The lowest BCUT2D eigenvalue weighted by Gasteiger charge is -2.30. The van der Waals surface area contributed by atoms with Crippen molar-refractivity contribution in [1.82, 2.24) is 14.9 Å². The SMILES string of the molecule is CC1CCN(C(=O)c2ccnc(Nc3ccc(F)c(F)c3F)n2)CC1. The highest BCUT2D eigenvalue weighted by atomic mass is 19.2. The van der Waals surface area contributed by atoms with E-state index in [1.165, 1.54) is 12.3 Å². The summed E-state index contributed by atoms with van der Waals surface area (Å²) in [5.41, 5.74) is -0.148. The van der Waals surface area contributed by atoms with E-state index in [4.69, 9.17) is 0 Å². The smallest absolute Gasteiger partial charge is 0.272 e. The second-order valence-electron chi connectivity index (χ2n) is 6.09. The van der Waals surface area contributed by atoms with Gasteiger partial charge in [0.1, 0.15) is 5.69 Å². The van der Waals surface area contributed by atoms with Crippen LogP contribution in [-0.2, 0) is 0 Å². The van der Waals surface area contributed by atoms with Crippen LogP contribution in [0.15, 0.2) is 24.4 Å². The van der Waals surface area contributed by atoms with Crippen molar-refractivity contribution in [2.45, 2.75) is 19.8 Å². The van der Waals surface area contributed by atoms with Gasteiger partial charge in [0.15, 0.2) is 17.5 Å². The van der Waals surface area contributed by atoms with Crippen LogP contribution in [0.1, 0.15) is 30.3 Å². The van der Waals surface area contributed by atoms with Gasteiger partial charge >= 0.3 is 0 Å². The molecule has 0 bridgehead atoms. The minimum atomic E-state index is -1.58. The van der Waals surface area contributed by atoms with Gasteiger partial charge in [-0.2, -0.15) is 0 Å². The summed E-state index contributed by atoms with van der Waals surface area (Å²) in [5.74, 6) is -3.95. The average molecular weight is 350 g/mol. The molecule has 1 aromatic heterocycles. The number of nitrogens with zero attached hydrogens (tertiary/aromatic N) is 3. The molecule has 0 atom stereocenters. The molecule has 1 N–H and O–H groups in total. The third kappa shape index (κ3) is 3.72. The third-order valence-electron chi connectivity index (χ3n) is 4.23. The van der Waals surface area contributed by atoms with Crippen LogP contribution >= 0.6 is 0 Å². The third-order valence-corrected chi connectivity index (χ3v) is 4.23. The molecule has 5 nitrogen and oxygen atoms in total. The normalized spacial score (nSPS) is 15.3. The minimum Gasteiger partial charge on any atom is -0.337 e. The highest BCUT2D eigenvalue weighted by Crippen LogP contribution is 2.22. The average Bonchev–Trinajstić information content (AvgIpc) is 2.62. The Balaban J connectivity index is 1.78. The van der Waals surface area contributed by atoms with Crippen molar-refractivity contribution in [3.05, 3.63) is 47.5 Å². The lowest BCUT2D eigenvalue weighted by molar-refractivity contribution is 0.0691. The summed E-state index contributed by atoms with van der Waals surface area (Å²) in [6.45, 7) is 3.46. The molecule has 0 saturated carbocycles. The molecule has 1 aliphatic heterocycles. The molecule has 132 valence electrons. The molecule has 1 aromatic carbocycles. The second kappa shape index (κ2) is 7.08. The Hall–Kier alpha value is -2.64. The van der Waals surface area contributed by atoms with Crippen molar-refractivity contribution < 1.29 is 18.0 Å². The summed E-state index contributed by atoms with van der Waals surface area (Å²) in [4.78, 5) is 22.2. The fourth-order valence-corrected chi connectivity index (χ4v) is 2.65. The number of piperidine rings is 1. The van der Waals surface area contributed by atoms with Gasteiger partial charge in [-0.1, -0.05) is 6.92 Å². The van der Waals surface area contributed by atoms with Gasteiger partial charge in [0.25, 0.3) is 5.91 Å². The number of hydrogen-bond donors (Lipinski definition) is 1. The van der Waals surface area contributed by atoms with Crippen molar-refractivity contribution in [2.24, 2.45) is 5.92 Å². The van der Waals surface area contributed by atoms with Crippen LogP contribution in [-0.4, -0.2) is 33.9 Å². The van der Waals surface area contributed by atoms with Crippen LogP contribution in [0.3, 0.4) is 0 Å². The van der Waals surface area contributed by atoms with Gasteiger partial charge in [0, 0.05) is 19.3 Å². The van der Waals surface area contributed by atoms with E-state index in [1.807, 2.05) is 0 Å². The monoisotopic (exact) mass is 350 g/mol.